The summed E-state index contributed by atoms with van der Waals surface area (Å²) >= 11 is 0. The summed E-state index contributed by atoms with van der Waals surface area (Å²) in [5, 5.41) is 2.62. The fourth-order valence-electron chi connectivity index (χ4n) is 1.41. The lowest BCUT2D eigenvalue weighted by molar-refractivity contribution is -0.118. The molecule has 3 N–H and O–H groups in total. The maximum atomic E-state index is 13.3. The van der Waals surface area contributed by atoms with Crippen molar-refractivity contribution in [3.8, 4) is 0 Å². The number of benzene rings is 1. The van der Waals surface area contributed by atoms with E-state index in [0.717, 1.165) is 6.42 Å². The van der Waals surface area contributed by atoms with E-state index in [1.807, 2.05) is 13.8 Å². The van der Waals surface area contributed by atoms with Crippen molar-refractivity contribution in [1.29, 1.82) is 0 Å². The van der Waals surface area contributed by atoms with Crippen LogP contribution in [0, 0.1) is 18.7 Å². The maximum absolute atomic E-state index is 13.3. The number of nitrogens with one attached hydrogen (secondary N) is 1. The molecule has 0 aliphatic rings. The van der Waals surface area contributed by atoms with E-state index in [0.29, 0.717) is 11.3 Å². The molecule has 94 valence electrons. The van der Waals surface area contributed by atoms with Gasteiger partial charge in [-0.15, -0.1) is 0 Å². The lowest BCUT2D eigenvalue weighted by Crippen LogP contribution is -2.40. The standard InChI is InChI=1S/C13H19FN2O/c1-4-8(2)12(15)13(17)16-10-6-5-9(3)11(14)7-10/h5-8,12H,4,15H2,1-3H3,(H,16,17)/t8-,12-/m0/s1. The van der Waals surface area contributed by atoms with Crippen LogP contribution in [0.25, 0.3) is 0 Å². The molecule has 0 aliphatic heterocycles. The number of carbonyl (C=O) groups is 1. The molecule has 1 amide bonds. The van der Waals surface area contributed by atoms with Gasteiger partial charge in [0.2, 0.25) is 5.91 Å². The molecule has 17 heavy (non-hydrogen) atoms. The molecule has 0 unspecified atom stereocenters. The molecule has 4 heteroatoms. The Balaban J connectivity index is 2.71. The van der Waals surface area contributed by atoms with Gasteiger partial charge < -0.3 is 11.1 Å². The lowest BCUT2D eigenvalue weighted by atomic mass is 9.99. The molecule has 0 saturated heterocycles. The molecule has 1 aromatic carbocycles. The van der Waals surface area contributed by atoms with Gasteiger partial charge >= 0.3 is 0 Å². The van der Waals surface area contributed by atoms with Crippen molar-refractivity contribution in [3.05, 3.63) is 29.6 Å². The Morgan fingerprint density at radius 1 is 1.53 bits per heavy atom. The maximum Gasteiger partial charge on any atom is 0.241 e. The van der Waals surface area contributed by atoms with Crippen LogP contribution in [-0.4, -0.2) is 11.9 Å². The van der Waals surface area contributed by atoms with Gasteiger partial charge in [0.15, 0.2) is 0 Å². The number of anilines is 1. The molecule has 0 radical (unpaired) electrons. The van der Waals surface area contributed by atoms with Crippen LogP contribution < -0.4 is 11.1 Å². The minimum absolute atomic E-state index is 0.102. The monoisotopic (exact) mass is 238 g/mol. The van der Waals surface area contributed by atoms with Crippen molar-refractivity contribution in [2.75, 3.05) is 5.32 Å². The zero-order valence-electron chi connectivity index (χ0n) is 10.5. The third kappa shape index (κ3) is 3.53. The largest absolute Gasteiger partial charge is 0.325 e. The molecule has 2 atom stereocenters. The second-order valence-electron chi connectivity index (χ2n) is 4.36. The first-order valence-corrected chi connectivity index (χ1v) is 5.78. The van der Waals surface area contributed by atoms with Gasteiger partial charge in [-0.2, -0.15) is 0 Å². The van der Waals surface area contributed by atoms with Gasteiger partial charge in [-0.1, -0.05) is 26.3 Å². The number of hydrogen-bond donors (Lipinski definition) is 2. The summed E-state index contributed by atoms with van der Waals surface area (Å²) in [4.78, 5) is 11.8. The summed E-state index contributed by atoms with van der Waals surface area (Å²) in [7, 11) is 0. The van der Waals surface area contributed by atoms with E-state index >= 15 is 0 Å². The first-order valence-electron chi connectivity index (χ1n) is 5.78. The number of halogens is 1. The van der Waals surface area contributed by atoms with E-state index in [4.69, 9.17) is 5.73 Å². The summed E-state index contributed by atoms with van der Waals surface area (Å²) in [5.74, 6) is -0.507. The summed E-state index contributed by atoms with van der Waals surface area (Å²) < 4.78 is 13.3. The molecule has 0 bridgehead atoms. The minimum atomic E-state index is -0.565. The highest BCUT2D eigenvalue weighted by Gasteiger charge is 2.19. The number of amides is 1. The van der Waals surface area contributed by atoms with Crippen molar-refractivity contribution < 1.29 is 9.18 Å². The van der Waals surface area contributed by atoms with Crippen LogP contribution in [0.3, 0.4) is 0 Å². The first kappa shape index (κ1) is 13.6. The van der Waals surface area contributed by atoms with Gasteiger partial charge in [0.05, 0.1) is 6.04 Å². The summed E-state index contributed by atoms with van der Waals surface area (Å²) in [6.45, 7) is 5.56. The predicted octanol–water partition coefficient (Wildman–Crippen LogP) is 2.45. The minimum Gasteiger partial charge on any atom is -0.325 e. The van der Waals surface area contributed by atoms with Crippen LogP contribution in [-0.2, 0) is 4.79 Å². The van der Waals surface area contributed by atoms with E-state index in [9.17, 15) is 9.18 Å². The van der Waals surface area contributed by atoms with Crippen molar-refractivity contribution >= 4 is 11.6 Å². The Morgan fingerprint density at radius 2 is 2.18 bits per heavy atom. The van der Waals surface area contributed by atoms with Gasteiger partial charge in [0.1, 0.15) is 5.82 Å². The van der Waals surface area contributed by atoms with Crippen LogP contribution in [0.4, 0.5) is 10.1 Å². The molecule has 0 heterocycles. The predicted molar refractivity (Wildman–Crippen MR) is 67.2 cm³/mol. The topological polar surface area (TPSA) is 55.1 Å². The highest BCUT2D eigenvalue weighted by molar-refractivity contribution is 5.94. The van der Waals surface area contributed by atoms with E-state index < -0.39 is 6.04 Å². The Kier molecular flexibility index (Phi) is 4.63. The third-order valence-electron chi connectivity index (χ3n) is 3.00. The second-order valence-corrected chi connectivity index (χ2v) is 4.36. The van der Waals surface area contributed by atoms with Gasteiger partial charge in [-0.25, -0.2) is 4.39 Å². The van der Waals surface area contributed by atoms with Crippen molar-refractivity contribution in [3.63, 3.8) is 0 Å². The van der Waals surface area contributed by atoms with Crippen molar-refractivity contribution in [2.24, 2.45) is 11.7 Å². The Morgan fingerprint density at radius 3 is 2.71 bits per heavy atom. The van der Waals surface area contributed by atoms with Crippen LogP contribution in [0.15, 0.2) is 18.2 Å². The summed E-state index contributed by atoms with van der Waals surface area (Å²) in [5.41, 5.74) is 6.77. The third-order valence-corrected chi connectivity index (χ3v) is 3.00. The number of carbonyl (C=O) groups excluding carboxylic acids is 1. The molecule has 1 aromatic rings. The van der Waals surface area contributed by atoms with Crippen LogP contribution in [0.1, 0.15) is 25.8 Å². The smallest absolute Gasteiger partial charge is 0.241 e. The molecular weight excluding hydrogens is 219 g/mol. The van der Waals surface area contributed by atoms with Crippen molar-refractivity contribution in [2.45, 2.75) is 33.2 Å². The van der Waals surface area contributed by atoms with Gasteiger partial charge in [-0.05, 0) is 30.5 Å². The number of rotatable bonds is 4. The average Bonchev–Trinajstić information content (AvgIpc) is 2.31. The summed E-state index contributed by atoms with van der Waals surface area (Å²) in [6.07, 6.45) is 0.830. The fourth-order valence-corrected chi connectivity index (χ4v) is 1.41. The fraction of sp³-hybridized carbons (Fsp3) is 0.462. The highest BCUT2D eigenvalue weighted by atomic mass is 19.1. The molecule has 1 rings (SSSR count). The van der Waals surface area contributed by atoms with Gasteiger partial charge in [0.25, 0.3) is 0 Å². The Bertz CT molecular complexity index is 406. The van der Waals surface area contributed by atoms with Gasteiger partial charge in [0, 0.05) is 5.69 Å². The van der Waals surface area contributed by atoms with Crippen molar-refractivity contribution in [1.82, 2.24) is 0 Å². The van der Waals surface area contributed by atoms with Crippen LogP contribution >= 0.6 is 0 Å². The lowest BCUT2D eigenvalue weighted by Gasteiger charge is -2.17. The number of nitrogens with two attached hydrogens (primary N) is 1. The number of aryl methyl sites for hydroxylation is 1. The van der Waals surface area contributed by atoms with E-state index in [2.05, 4.69) is 5.32 Å². The quantitative estimate of drug-likeness (QED) is 0.846. The zero-order valence-corrected chi connectivity index (χ0v) is 10.5. The average molecular weight is 238 g/mol. The molecule has 0 spiro atoms. The van der Waals surface area contributed by atoms with Crippen LogP contribution in [0.2, 0.25) is 0 Å². The first-order chi connectivity index (χ1) is 7.95. The normalized spacial score (nSPS) is 14.2. The number of hydrogen-bond acceptors (Lipinski definition) is 2. The molecule has 3 nitrogen and oxygen atoms in total. The molecule has 0 aromatic heterocycles. The van der Waals surface area contributed by atoms with Crippen LogP contribution in [0.5, 0.6) is 0 Å². The molecule has 0 fully saturated rings. The second kappa shape index (κ2) is 5.77. The molecule has 0 saturated carbocycles. The van der Waals surface area contributed by atoms with E-state index in [1.165, 1.54) is 6.07 Å². The highest BCUT2D eigenvalue weighted by Crippen LogP contribution is 2.15. The SMILES string of the molecule is CC[C@H](C)[C@H](N)C(=O)Nc1ccc(C)c(F)c1. The Labute approximate surface area is 101 Å². The molecule has 0 aliphatic carbocycles. The zero-order chi connectivity index (χ0) is 13.0. The Hall–Kier alpha value is -1.42. The molecular formula is C13H19FN2O. The summed E-state index contributed by atoms with van der Waals surface area (Å²) in [6, 6.07) is 4.03. The van der Waals surface area contributed by atoms with E-state index in [1.54, 1.807) is 19.1 Å². The van der Waals surface area contributed by atoms with Gasteiger partial charge in [-0.3, -0.25) is 4.79 Å². The van der Waals surface area contributed by atoms with E-state index in [-0.39, 0.29) is 17.6 Å².